The van der Waals surface area contributed by atoms with E-state index >= 15 is 0 Å². The lowest BCUT2D eigenvalue weighted by Gasteiger charge is -2.16. The maximum absolute atomic E-state index is 11.5. The van der Waals surface area contributed by atoms with Crippen LogP contribution < -0.4 is 10.6 Å². The van der Waals surface area contributed by atoms with Gasteiger partial charge in [0.25, 0.3) is 0 Å². The van der Waals surface area contributed by atoms with Crippen LogP contribution in [0.15, 0.2) is 4.52 Å². The molecule has 8 heteroatoms. The Bertz CT molecular complexity index is 444. The van der Waals surface area contributed by atoms with Gasteiger partial charge in [-0.25, -0.2) is 9.59 Å². The average molecular weight is 270 g/mol. The van der Waals surface area contributed by atoms with Gasteiger partial charge in [0.05, 0.1) is 6.54 Å². The number of carboxylic acids is 1. The first-order chi connectivity index (χ1) is 8.88. The zero-order chi connectivity index (χ0) is 14.4. The van der Waals surface area contributed by atoms with Crippen molar-refractivity contribution in [1.82, 2.24) is 20.8 Å². The van der Waals surface area contributed by atoms with Crippen molar-refractivity contribution in [2.45, 2.75) is 39.8 Å². The van der Waals surface area contributed by atoms with Crippen LogP contribution in [0.4, 0.5) is 4.79 Å². The highest BCUT2D eigenvalue weighted by molar-refractivity contribution is 5.82. The number of aryl methyl sites for hydroxylation is 1. The van der Waals surface area contributed by atoms with E-state index in [9.17, 15) is 9.59 Å². The number of nitrogens with zero attached hydrogens (tertiary/aromatic N) is 2. The number of carbonyl (C=O) groups is 2. The molecular weight excluding hydrogens is 252 g/mol. The van der Waals surface area contributed by atoms with Crippen molar-refractivity contribution >= 4 is 12.0 Å². The number of urea groups is 1. The van der Waals surface area contributed by atoms with E-state index in [0.717, 1.165) is 0 Å². The first-order valence-electron chi connectivity index (χ1n) is 5.95. The van der Waals surface area contributed by atoms with Gasteiger partial charge < -0.3 is 20.3 Å². The van der Waals surface area contributed by atoms with Gasteiger partial charge in [0.2, 0.25) is 5.89 Å². The topological polar surface area (TPSA) is 117 Å². The van der Waals surface area contributed by atoms with Gasteiger partial charge in [0, 0.05) is 6.92 Å². The van der Waals surface area contributed by atoms with Crippen LogP contribution in [0.1, 0.15) is 32.0 Å². The normalized spacial score (nSPS) is 12.2. The van der Waals surface area contributed by atoms with Gasteiger partial charge in [0.15, 0.2) is 5.82 Å². The molecule has 1 aromatic heterocycles. The molecule has 0 aliphatic carbocycles. The summed E-state index contributed by atoms with van der Waals surface area (Å²) in [6, 6.07) is -1.48. The molecule has 0 fully saturated rings. The van der Waals surface area contributed by atoms with Crippen LogP contribution in [-0.4, -0.2) is 33.3 Å². The minimum atomic E-state index is -1.06. The molecule has 1 atom stereocenters. The highest BCUT2D eigenvalue weighted by atomic mass is 16.5. The Labute approximate surface area is 110 Å². The molecule has 2 amide bonds. The molecule has 106 valence electrons. The smallest absolute Gasteiger partial charge is 0.326 e. The number of nitrogens with one attached hydrogen (secondary N) is 2. The first kappa shape index (κ1) is 14.9. The summed E-state index contributed by atoms with van der Waals surface area (Å²) in [7, 11) is 0. The minimum absolute atomic E-state index is 0.0805. The fraction of sp³-hybridized carbons (Fsp3) is 0.636. The van der Waals surface area contributed by atoms with Gasteiger partial charge >= 0.3 is 12.0 Å². The monoisotopic (exact) mass is 270 g/mol. The van der Waals surface area contributed by atoms with E-state index in [-0.39, 0.29) is 12.5 Å². The lowest BCUT2D eigenvalue weighted by molar-refractivity contribution is -0.139. The van der Waals surface area contributed by atoms with Gasteiger partial charge in [-0.3, -0.25) is 0 Å². The van der Waals surface area contributed by atoms with E-state index in [4.69, 9.17) is 9.63 Å². The van der Waals surface area contributed by atoms with Crippen LogP contribution in [0, 0.1) is 12.8 Å². The Hall–Kier alpha value is -2.12. The molecule has 1 aromatic rings. The summed E-state index contributed by atoms with van der Waals surface area (Å²) in [4.78, 5) is 26.4. The summed E-state index contributed by atoms with van der Waals surface area (Å²) in [5.41, 5.74) is 0. The Balaban J connectivity index is 2.42. The Kier molecular flexibility index (Phi) is 5.28. The highest BCUT2D eigenvalue weighted by Gasteiger charge is 2.21. The molecule has 0 aromatic carbocycles. The third-order valence-electron chi connectivity index (χ3n) is 2.29. The molecule has 0 spiro atoms. The third-order valence-corrected chi connectivity index (χ3v) is 2.29. The van der Waals surface area contributed by atoms with E-state index in [1.165, 1.54) is 0 Å². The molecule has 8 nitrogen and oxygen atoms in total. The highest BCUT2D eigenvalue weighted by Crippen LogP contribution is 2.04. The molecule has 0 aliphatic heterocycles. The van der Waals surface area contributed by atoms with E-state index in [1.807, 2.05) is 13.8 Å². The third kappa shape index (κ3) is 5.36. The molecule has 0 aliphatic rings. The zero-order valence-corrected chi connectivity index (χ0v) is 11.1. The van der Waals surface area contributed by atoms with Crippen molar-refractivity contribution in [2.75, 3.05) is 0 Å². The van der Waals surface area contributed by atoms with Crippen LogP contribution in [0.5, 0.6) is 0 Å². The molecular formula is C11H18N4O4. The molecule has 1 heterocycles. The number of rotatable bonds is 6. The minimum Gasteiger partial charge on any atom is -0.480 e. The molecule has 0 unspecified atom stereocenters. The number of carboxylic acid groups (broad SMARTS) is 1. The number of hydrogen-bond acceptors (Lipinski definition) is 5. The van der Waals surface area contributed by atoms with Gasteiger partial charge in [-0.1, -0.05) is 19.0 Å². The van der Waals surface area contributed by atoms with E-state index in [2.05, 4.69) is 20.8 Å². The molecule has 1 rings (SSSR count). The lowest BCUT2D eigenvalue weighted by atomic mass is 10.0. The quantitative estimate of drug-likeness (QED) is 0.699. The summed E-state index contributed by atoms with van der Waals surface area (Å²) in [5, 5.41) is 17.4. The first-order valence-corrected chi connectivity index (χ1v) is 5.95. The van der Waals surface area contributed by atoms with Crippen molar-refractivity contribution < 1.29 is 19.2 Å². The van der Waals surface area contributed by atoms with Crippen LogP contribution >= 0.6 is 0 Å². The fourth-order valence-corrected chi connectivity index (χ4v) is 1.47. The van der Waals surface area contributed by atoms with Crippen molar-refractivity contribution in [3.63, 3.8) is 0 Å². The largest absolute Gasteiger partial charge is 0.480 e. The van der Waals surface area contributed by atoms with Gasteiger partial charge in [-0.2, -0.15) is 4.98 Å². The molecule has 0 radical (unpaired) electrons. The predicted molar refractivity (Wildman–Crippen MR) is 65.3 cm³/mol. The van der Waals surface area contributed by atoms with Crippen molar-refractivity contribution in [1.29, 1.82) is 0 Å². The number of aromatic nitrogens is 2. The van der Waals surface area contributed by atoms with E-state index in [1.54, 1.807) is 6.92 Å². The lowest BCUT2D eigenvalue weighted by Crippen LogP contribution is -2.46. The standard InChI is InChI=1S/C11H18N4O4/c1-6(2)4-8(10(16)17)14-11(18)12-5-9-13-7(3)19-15-9/h6,8H,4-5H2,1-3H3,(H,16,17)(H2,12,14,18)/t8-/m1/s1. The van der Waals surface area contributed by atoms with E-state index < -0.39 is 18.0 Å². The van der Waals surface area contributed by atoms with Gasteiger partial charge in [-0.05, 0) is 12.3 Å². The summed E-state index contributed by atoms with van der Waals surface area (Å²) in [6.45, 7) is 5.49. The van der Waals surface area contributed by atoms with Crippen LogP contribution in [0.2, 0.25) is 0 Å². The number of carbonyl (C=O) groups excluding carboxylic acids is 1. The number of hydrogen-bond donors (Lipinski definition) is 3. The van der Waals surface area contributed by atoms with Crippen molar-refractivity contribution in [3.8, 4) is 0 Å². The van der Waals surface area contributed by atoms with Crippen LogP contribution in [0.3, 0.4) is 0 Å². The number of aliphatic carboxylic acids is 1. The maximum atomic E-state index is 11.5. The van der Waals surface area contributed by atoms with E-state index in [0.29, 0.717) is 18.1 Å². The fourth-order valence-electron chi connectivity index (χ4n) is 1.47. The van der Waals surface area contributed by atoms with Gasteiger partial charge in [0.1, 0.15) is 6.04 Å². The average Bonchev–Trinajstić information content (AvgIpc) is 2.71. The second-order valence-corrected chi connectivity index (χ2v) is 4.58. The molecule has 3 N–H and O–H groups in total. The second kappa shape index (κ2) is 6.72. The second-order valence-electron chi connectivity index (χ2n) is 4.58. The Morgan fingerprint density at radius 2 is 2.11 bits per heavy atom. The van der Waals surface area contributed by atoms with Crippen LogP contribution in [-0.2, 0) is 11.3 Å². The summed E-state index contributed by atoms with van der Waals surface area (Å²) < 4.78 is 4.74. The SMILES string of the molecule is Cc1nc(CNC(=O)N[C@H](CC(C)C)C(=O)O)no1. The van der Waals surface area contributed by atoms with Crippen molar-refractivity contribution in [3.05, 3.63) is 11.7 Å². The summed E-state index contributed by atoms with van der Waals surface area (Å²) >= 11 is 0. The molecule has 19 heavy (non-hydrogen) atoms. The summed E-state index contributed by atoms with van der Waals surface area (Å²) in [6.07, 6.45) is 0.365. The molecule has 0 bridgehead atoms. The number of amides is 2. The predicted octanol–water partition coefficient (Wildman–Crippen LogP) is 0.677. The maximum Gasteiger partial charge on any atom is 0.326 e. The zero-order valence-electron chi connectivity index (χ0n) is 11.1. The Morgan fingerprint density at radius 3 is 2.58 bits per heavy atom. The molecule has 0 saturated heterocycles. The summed E-state index contributed by atoms with van der Waals surface area (Å²) in [5.74, 6) is -0.149. The Morgan fingerprint density at radius 1 is 1.42 bits per heavy atom. The van der Waals surface area contributed by atoms with Gasteiger partial charge in [-0.15, -0.1) is 0 Å². The molecule has 0 saturated carbocycles. The van der Waals surface area contributed by atoms with Crippen LogP contribution in [0.25, 0.3) is 0 Å². The van der Waals surface area contributed by atoms with Crippen molar-refractivity contribution in [2.24, 2.45) is 5.92 Å².